The van der Waals surface area contributed by atoms with E-state index < -0.39 is 17.8 Å². The first kappa shape index (κ1) is 30.7. The molecule has 3 aliphatic rings. The molecule has 2 atom stereocenters. The van der Waals surface area contributed by atoms with Crippen LogP contribution in [0.2, 0.25) is 0 Å². The molecule has 0 radical (unpaired) electrons. The highest BCUT2D eigenvalue weighted by Gasteiger charge is 2.39. The van der Waals surface area contributed by atoms with Crippen LogP contribution in [-0.4, -0.2) is 85.5 Å². The highest BCUT2D eigenvalue weighted by Crippen LogP contribution is 2.41. The average Bonchev–Trinajstić information content (AvgIpc) is 3.47. The zero-order valence-corrected chi connectivity index (χ0v) is 25.5. The maximum atomic E-state index is 15.4. The van der Waals surface area contributed by atoms with Crippen LogP contribution < -0.4 is 10.1 Å². The number of carbonyl (C=O) groups is 1. The Morgan fingerprint density at radius 3 is 2.86 bits per heavy atom. The number of hydrogen-bond acceptors (Lipinski definition) is 7. The third-order valence-corrected chi connectivity index (χ3v) is 9.68. The number of halogens is 1. The Kier molecular flexibility index (Phi) is 10.0. The summed E-state index contributed by atoms with van der Waals surface area (Å²) in [6, 6.07) is 7.08. The number of unbranched alkanes of at least 4 members (excludes halogenated alkanes) is 2. The standard InChI is InChI=1S/C33H47FN4O4/c1-33(13-18-42-19-14-33)24-20-27(30(41-3)28(34)21-24)29(32(39)40)38-17-12-26(22-38)37(2)16-6-4-5-9-25-11-10-23-8-7-15-35-31(23)36-25/h10-11,20-21,26,29H,4-9,12-19,22H2,1-3H3,(H,35,36)(H,39,40). The van der Waals surface area contributed by atoms with Gasteiger partial charge in [0, 0.05) is 50.1 Å². The predicted octanol–water partition coefficient (Wildman–Crippen LogP) is 5.20. The molecule has 42 heavy (non-hydrogen) atoms. The number of likely N-dealkylation sites (tertiary alicyclic amines) is 1. The molecule has 230 valence electrons. The van der Waals surface area contributed by atoms with Crippen molar-refractivity contribution in [3.05, 3.63) is 52.5 Å². The fourth-order valence-corrected chi connectivity index (χ4v) is 6.88. The van der Waals surface area contributed by atoms with E-state index in [0.29, 0.717) is 31.9 Å². The van der Waals surface area contributed by atoms with Gasteiger partial charge >= 0.3 is 5.97 Å². The number of benzene rings is 1. The lowest BCUT2D eigenvalue weighted by Crippen LogP contribution is -2.38. The van der Waals surface area contributed by atoms with Crippen LogP contribution in [0.4, 0.5) is 10.2 Å². The number of hydrogen-bond donors (Lipinski definition) is 2. The minimum atomic E-state index is -0.976. The first-order valence-electron chi connectivity index (χ1n) is 15.6. The summed E-state index contributed by atoms with van der Waals surface area (Å²) in [7, 11) is 3.54. The molecule has 2 unspecified atom stereocenters. The Morgan fingerprint density at radius 1 is 1.29 bits per heavy atom. The highest BCUT2D eigenvalue weighted by atomic mass is 19.1. The summed E-state index contributed by atoms with van der Waals surface area (Å²) in [6.07, 6.45) is 9.00. The molecule has 0 amide bonds. The molecular formula is C33H47FN4O4. The first-order valence-corrected chi connectivity index (χ1v) is 15.6. The van der Waals surface area contributed by atoms with Gasteiger partial charge in [-0.2, -0.15) is 0 Å². The van der Waals surface area contributed by atoms with Crippen LogP contribution in [0.3, 0.4) is 0 Å². The second-order valence-corrected chi connectivity index (χ2v) is 12.6. The van der Waals surface area contributed by atoms with Crippen LogP contribution in [-0.2, 0) is 27.8 Å². The van der Waals surface area contributed by atoms with E-state index in [9.17, 15) is 9.90 Å². The molecule has 0 aliphatic carbocycles. The Hall–Kier alpha value is -2.75. The fraction of sp³-hybridized carbons (Fsp3) is 0.636. The van der Waals surface area contributed by atoms with E-state index in [-0.39, 0.29) is 17.2 Å². The quantitative estimate of drug-likeness (QED) is 0.331. The Labute approximate surface area is 249 Å². The minimum Gasteiger partial charge on any atom is -0.493 e. The SMILES string of the molecule is COc1c(F)cc(C2(C)CCOCC2)cc1C(C(=O)O)N1CCC(N(C)CCCCCc2ccc3c(n2)NCCC3)C1. The number of anilines is 1. The highest BCUT2D eigenvalue weighted by molar-refractivity contribution is 5.77. The molecule has 3 aliphatic heterocycles. The normalized spacial score (nSPS) is 21.1. The number of carboxylic acid groups (broad SMARTS) is 1. The summed E-state index contributed by atoms with van der Waals surface area (Å²) < 4.78 is 26.3. The lowest BCUT2D eigenvalue weighted by atomic mass is 9.75. The van der Waals surface area contributed by atoms with Crippen LogP contribution in [0, 0.1) is 5.82 Å². The summed E-state index contributed by atoms with van der Waals surface area (Å²) in [5, 5.41) is 13.8. The molecule has 0 saturated carbocycles. The minimum absolute atomic E-state index is 0.0304. The molecule has 2 fully saturated rings. The Morgan fingerprint density at radius 2 is 2.10 bits per heavy atom. The summed E-state index contributed by atoms with van der Waals surface area (Å²) in [5.74, 6) is -0.383. The Balaban J connectivity index is 1.17. The molecule has 0 spiro atoms. The van der Waals surface area contributed by atoms with Gasteiger partial charge in [-0.05, 0) is 99.7 Å². The van der Waals surface area contributed by atoms with Crippen molar-refractivity contribution in [3.63, 3.8) is 0 Å². The zero-order chi connectivity index (χ0) is 29.7. The van der Waals surface area contributed by atoms with Gasteiger partial charge in [-0.15, -0.1) is 0 Å². The Bertz CT molecular complexity index is 1230. The number of likely N-dealkylation sites (N-methyl/N-ethyl adjacent to an activating group) is 1. The van der Waals surface area contributed by atoms with Crippen molar-refractivity contribution in [1.82, 2.24) is 14.8 Å². The molecule has 9 heteroatoms. The number of aryl methyl sites for hydroxylation is 2. The van der Waals surface area contributed by atoms with E-state index in [1.54, 1.807) is 0 Å². The number of aromatic nitrogens is 1. The van der Waals surface area contributed by atoms with Crippen molar-refractivity contribution in [1.29, 1.82) is 0 Å². The molecule has 2 N–H and O–H groups in total. The number of carboxylic acids is 1. The van der Waals surface area contributed by atoms with Gasteiger partial charge < -0.3 is 24.8 Å². The molecule has 5 rings (SSSR count). The largest absolute Gasteiger partial charge is 0.493 e. The molecule has 2 aromatic rings. The summed E-state index contributed by atoms with van der Waals surface area (Å²) in [5.41, 5.74) is 3.45. The maximum Gasteiger partial charge on any atom is 0.325 e. The van der Waals surface area contributed by atoms with Gasteiger partial charge in [0.2, 0.25) is 0 Å². The van der Waals surface area contributed by atoms with Crippen LogP contribution >= 0.6 is 0 Å². The van der Waals surface area contributed by atoms with E-state index in [4.69, 9.17) is 14.5 Å². The van der Waals surface area contributed by atoms with Gasteiger partial charge in [-0.1, -0.05) is 19.4 Å². The smallest absolute Gasteiger partial charge is 0.325 e. The monoisotopic (exact) mass is 582 g/mol. The first-order chi connectivity index (χ1) is 20.3. The number of nitrogens with zero attached hydrogens (tertiary/aromatic N) is 3. The van der Waals surface area contributed by atoms with E-state index in [1.165, 1.54) is 25.2 Å². The van der Waals surface area contributed by atoms with Gasteiger partial charge in [-0.25, -0.2) is 9.37 Å². The molecule has 2 saturated heterocycles. The molecule has 1 aromatic carbocycles. The molecule has 4 heterocycles. The van der Waals surface area contributed by atoms with Crippen LogP contribution in [0.25, 0.3) is 0 Å². The lowest BCUT2D eigenvalue weighted by molar-refractivity contribution is -0.143. The number of fused-ring (bicyclic) bond motifs is 1. The number of nitrogens with one attached hydrogen (secondary N) is 1. The summed E-state index contributed by atoms with van der Waals surface area (Å²) in [6.45, 7) is 6.58. The van der Waals surface area contributed by atoms with Crippen LogP contribution in [0.5, 0.6) is 5.75 Å². The number of rotatable bonds is 12. The molecule has 0 bridgehead atoms. The number of pyridine rings is 1. The van der Waals surface area contributed by atoms with Crippen molar-refractivity contribution in [2.75, 3.05) is 58.9 Å². The van der Waals surface area contributed by atoms with Gasteiger partial charge in [0.15, 0.2) is 11.6 Å². The number of ether oxygens (including phenoxy) is 2. The lowest BCUT2D eigenvalue weighted by Gasteiger charge is -2.35. The molecule has 8 nitrogen and oxygen atoms in total. The summed E-state index contributed by atoms with van der Waals surface area (Å²) >= 11 is 0. The van der Waals surface area contributed by atoms with Crippen LogP contribution in [0.1, 0.15) is 80.3 Å². The zero-order valence-electron chi connectivity index (χ0n) is 25.5. The van der Waals surface area contributed by atoms with Crippen molar-refractivity contribution in [2.24, 2.45) is 0 Å². The van der Waals surface area contributed by atoms with Crippen molar-refractivity contribution in [2.45, 2.75) is 82.2 Å². The number of methoxy groups -OCH3 is 1. The van der Waals surface area contributed by atoms with Gasteiger partial charge in [0.25, 0.3) is 0 Å². The van der Waals surface area contributed by atoms with E-state index in [0.717, 1.165) is 81.5 Å². The van der Waals surface area contributed by atoms with Gasteiger partial charge in [0.1, 0.15) is 11.9 Å². The van der Waals surface area contributed by atoms with E-state index in [2.05, 4.69) is 36.3 Å². The fourth-order valence-electron chi connectivity index (χ4n) is 6.88. The number of aliphatic carboxylic acids is 1. The van der Waals surface area contributed by atoms with Gasteiger partial charge in [0.05, 0.1) is 7.11 Å². The van der Waals surface area contributed by atoms with Crippen LogP contribution in [0.15, 0.2) is 24.3 Å². The second-order valence-electron chi connectivity index (χ2n) is 12.6. The summed E-state index contributed by atoms with van der Waals surface area (Å²) in [4.78, 5) is 21.8. The third kappa shape index (κ3) is 6.90. The van der Waals surface area contributed by atoms with Crippen molar-refractivity contribution < 1.29 is 23.8 Å². The van der Waals surface area contributed by atoms with Crippen molar-refractivity contribution >= 4 is 11.8 Å². The maximum absolute atomic E-state index is 15.4. The average molecular weight is 583 g/mol. The predicted molar refractivity (Wildman–Crippen MR) is 162 cm³/mol. The second kappa shape index (κ2) is 13.7. The van der Waals surface area contributed by atoms with E-state index in [1.807, 2.05) is 11.0 Å². The third-order valence-electron chi connectivity index (χ3n) is 9.68. The van der Waals surface area contributed by atoms with E-state index >= 15 is 4.39 Å². The molecule has 1 aromatic heterocycles. The topological polar surface area (TPSA) is 87.2 Å². The van der Waals surface area contributed by atoms with Gasteiger partial charge in [-0.3, -0.25) is 9.69 Å². The molecular weight excluding hydrogens is 535 g/mol. The van der Waals surface area contributed by atoms with Crippen molar-refractivity contribution in [3.8, 4) is 5.75 Å².